The Morgan fingerprint density at radius 3 is 1.96 bits per heavy atom. The number of aryl methyl sites for hydroxylation is 1. The van der Waals surface area contributed by atoms with Crippen molar-refractivity contribution in [3.8, 4) is 11.1 Å². The van der Waals surface area contributed by atoms with Gasteiger partial charge >= 0.3 is 0 Å². The summed E-state index contributed by atoms with van der Waals surface area (Å²) < 4.78 is 29.3. The summed E-state index contributed by atoms with van der Waals surface area (Å²) in [6.07, 6.45) is 2.65. The SMILES string of the molecule is CC1Cc2c(N(c3ccccc3)c3cccc(F)c3)ccc3c2-c2c1ccc(N(c1cc#ccc1)c1cccc(F)c1)c2CC3. The van der Waals surface area contributed by atoms with Gasteiger partial charge in [-0.1, -0.05) is 61.5 Å². The summed E-state index contributed by atoms with van der Waals surface area (Å²) in [5.74, 6) is -0.265. The van der Waals surface area contributed by atoms with Crippen molar-refractivity contribution in [2.24, 2.45) is 0 Å². The standard InChI is InChI=1S/C41H30F2N2/c1-27-24-37-39(45(32-14-6-3-7-15-32)34-17-9-11-30(43)26-34)22-19-28-18-20-36-38(23-21-35(27)41(36)40(28)37)44(31-12-4-2-5-13-31)33-16-8-10-29(42)25-33/h3-4,6-17,19,21-23,25-27H,18,20,24H2,1H3. The largest absolute Gasteiger partial charge is 0.310 e. The molecule has 0 aromatic heterocycles. The van der Waals surface area contributed by atoms with E-state index in [0.29, 0.717) is 0 Å². The Morgan fingerprint density at radius 1 is 0.600 bits per heavy atom. The van der Waals surface area contributed by atoms with Gasteiger partial charge in [-0.2, -0.15) is 0 Å². The zero-order chi connectivity index (χ0) is 30.5. The highest BCUT2D eigenvalue weighted by atomic mass is 19.1. The van der Waals surface area contributed by atoms with Crippen LogP contribution in [0.25, 0.3) is 11.1 Å². The van der Waals surface area contributed by atoms with Gasteiger partial charge in [-0.25, -0.2) is 8.78 Å². The Morgan fingerprint density at radius 2 is 1.27 bits per heavy atom. The van der Waals surface area contributed by atoms with Gasteiger partial charge in [0.2, 0.25) is 0 Å². The van der Waals surface area contributed by atoms with Gasteiger partial charge in [-0.15, -0.1) is 0 Å². The molecular weight excluding hydrogens is 558 g/mol. The first-order chi connectivity index (χ1) is 22.1. The number of halogens is 2. The Bertz CT molecular complexity index is 2040. The molecule has 2 aliphatic rings. The normalized spacial score (nSPS) is 14.3. The fraction of sp³-hybridized carbons (Fsp3) is 0.122. The molecule has 1 unspecified atom stereocenters. The van der Waals surface area contributed by atoms with Crippen LogP contribution in [0, 0.1) is 23.8 Å². The maximum absolute atomic E-state index is 14.6. The van der Waals surface area contributed by atoms with Crippen LogP contribution in [-0.2, 0) is 19.3 Å². The molecule has 6 aromatic rings. The summed E-state index contributed by atoms with van der Waals surface area (Å²) in [6.45, 7) is 2.30. The first kappa shape index (κ1) is 27.2. The third kappa shape index (κ3) is 4.64. The predicted octanol–water partition coefficient (Wildman–Crippen LogP) is 10.9. The monoisotopic (exact) mass is 588 g/mol. The molecule has 45 heavy (non-hydrogen) atoms. The van der Waals surface area contributed by atoms with E-state index < -0.39 is 0 Å². The van der Waals surface area contributed by atoms with Crippen molar-refractivity contribution in [3.63, 3.8) is 0 Å². The lowest BCUT2D eigenvalue weighted by atomic mass is 9.71. The first-order valence-electron chi connectivity index (χ1n) is 15.4. The van der Waals surface area contributed by atoms with E-state index >= 15 is 0 Å². The molecule has 0 saturated carbocycles. The van der Waals surface area contributed by atoms with Crippen molar-refractivity contribution < 1.29 is 8.78 Å². The van der Waals surface area contributed by atoms with Crippen LogP contribution in [0.1, 0.15) is 35.1 Å². The zero-order valence-electron chi connectivity index (χ0n) is 24.9. The molecule has 6 aromatic carbocycles. The van der Waals surface area contributed by atoms with Gasteiger partial charge in [-0.3, -0.25) is 0 Å². The van der Waals surface area contributed by atoms with Gasteiger partial charge in [0.05, 0.1) is 5.69 Å². The van der Waals surface area contributed by atoms with Gasteiger partial charge in [0.25, 0.3) is 0 Å². The van der Waals surface area contributed by atoms with Crippen LogP contribution in [-0.4, -0.2) is 0 Å². The van der Waals surface area contributed by atoms with Gasteiger partial charge in [0.1, 0.15) is 11.6 Å². The molecular formula is C41H30F2N2. The van der Waals surface area contributed by atoms with E-state index in [-0.39, 0.29) is 17.6 Å². The van der Waals surface area contributed by atoms with Crippen LogP contribution >= 0.6 is 0 Å². The minimum Gasteiger partial charge on any atom is -0.310 e. The second-order valence-corrected chi connectivity index (χ2v) is 11.9. The van der Waals surface area contributed by atoms with Gasteiger partial charge in [-0.05, 0) is 131 Å². The van der Waals surface area contributed by atoms with Crippen molar-refractivity contribution in [3.05, 3.63) is 167 Å². The molecule has 4 heteroatoms. The molecule has 1 atom stereocenters. The smallest absolute Gasteiger partial charge is 0.125 e. The number of benzene rings is 5. The van der Waals surface area contributed by atoms with Gasteiger partial charge in [0, 0.05) is 34.5 Å². The molecule has 8 rings (SSSR count). The minimum absolute atomic E-state index is 0.265. The minimum atomic E-state index is -0.278. The zero-order valence-corrected chi connectivity index (χ0v) is 24.9. The van der Waals surface area contributed by atoms with Crippen molar-refractivity contribution >= 4 is 34.1 Å². The summed E-state index contributed by atoms with van der Waals surface area (Å²) in [7, 11) is 0. The fourth-order valence-corrected chi connectivity index (χ4v) is 7.26. The number of nitrogens with zero attached hydrogens (tertiary/aromatic N) is 2. The lowest BCUT2D eigenvalue weighted by Gasteiger charge is -2.38. The van der Waals surface area contributed by atoms with Crippen molar-refractivity contribution in [2.75, 3.05) is 9.80 Å². The average molecular weight is 589 g/mol. The number of hydrogen-bond donors (Lipinski definition) is 0. The number of hydrogen-bond acceptors (Lipinski definition) is 2. The molecule has 218 valence electrons. The number of anilines is 6. The third-order valence-corrected chi connectivity index (χ3v) is 9.16. The van der Waals surface area contributed by atoms with E-state index in [1.807, 2.05) is 48.5 Å². The molecule has 0 N–H and O–H groups in total. The molecule has 0 fully saturated rings. The van der Waals surface area contributed by atoms with Gasteiger partial charge < -0.3 is 9.80 Å². The van der Waals surface area contributed by atoms with E-state index in [9.17, 15) is 8.78 Å². The van der Waals surface area contributed by atoms with Crippen molar-refractivity contribution in [1.82, 2.24) is 0 Å². The van der Waals surface area contributed by atoms with Crippen LogP contribution in [0.2, 0.25) is 0 Å². The van der Waals surface area contributed by atoms with Crippen LogP contribution < -0.4 is 9.80 Å². The molecule has 2 nitrogen and oxygen atoms in total. The maximum Gasteiger partial charge on any atom is 0.125 e. The topological polar surface area (TPSA) is 6.48 Å². The van der Waals surface area contributed by atoms with E-state index in [1.54, 1.807) is 24.3 Å². The van der Waals surface area contributed by atoms with E-state index in [4.69, 9.17) is 0 Å². The molecule has 2 aliphatic carbocycles. The average Bonchev–Trinajstić information content (AvgIpc) is 3.06. The van der Waals surface area contributed by atoms with E-state index in [1.165, 1.54) is 45.5 Å². The second kappa shape index (κ2) is 10.9. The fourth-order valence-electron chi connectivity index (χ4n) is 7.26. The summed E-state index contributed by atoms with van der Waals surface area (Å²) in [4.78, 5) is 4.32. The number of para-hydroxylation sites is 1. The highest BCUT2D eigenvalue weighted by molar-refractivity contribution is 5.93. The quantitative estimate of drug-likeness (QED) is 0.191. The summed E-state index contributed by atoms with van der Waals surface area (Å²) in [5, 5.41) is 0. The third-order valence-electron chi connectivity index (χ3n) is 9.16. The molecule has 0 saturated heterocycles. The molecule has 0 radical (unpaired) electrons. The molecule has 0 aliphatic heterocycles. The predicted molar refractivity (Wildman–Crippen MR) is 178 cm³/mol. The Hall–Kier alpha value is -5.40. The Kier molecular flexibility index (Phi) is 6.61. The lowest BCUT2D eigenvalue weighted by Crippen LogP contribution is -2.22. The second-order valence-electron chi connectivity index (χ2n) is 11.9. The van der Waals surface area contributed by atoms with E-state index in [0.717, 1.165) is 53.4 Å². The molecule has 0 heterocycles. The van der Waals surface area contributed by atoms with Crippen LogP contribution in [0.5, 0.6) is 0 Å². The Labute approximate surface area is 262 Å². The van der Waals surface area contributed by atoms with Crippen LogP contribution in [0.4, 0.5) is 42.9 Å². The molecule has 0 amide bonds. The van der Waals surface area contributed by atoms with Crippen LogP contribution in [0.3, 0.4) is 0 Å². The Balaban J connectivity index is 1.37. The number of rotatable bonds is 6. The summed E-state index contributed by atoms with van der Waals surface area (Å²) in [6, 6.07) is 44.6. The highest BCUT2D eigenvalue weighted by Crippen LogP contribution is 2.54. The summed E-state index contributed by atoms with van der Waals surface area (Å²) in [5.41, 5.74) is 13.3. The van der Waals surface area contributed by atoms with E-state index in [2.05, 4.69) is 65.3 Å². The maximum atomic E-state index is 14.6. The molecule has 0 bridgehead atoms. The van der Waals surface area contributed by atoms with Crippen molar-refractivity contribution in [1.29, 1.82) is 0 Å². The van der Waals surface area contributed by atoms with Crippen LogP contribution in [0.15, 0.2) is 121 Å². The lowest BCUT2D eigenvalue weighted by molar-refractivity contribution is 0.627. The van der Waals surface area contributed by atoms with Crippen molar-refractivity contribution in [2.45, 2.75) is 32.1 Å². The summed E-state index contributed by atoms with van der Waals surface area (Å²) >= 11 is 0. The van der Waals surface area contributed by atoms with Gasteiger partial charge in [0.15, 0.2) is 0 Å². The highest BCUT2D eigenvalue weighted by Gasteiger charge is 2.34. The first-order valence-corrected chi connectivity index (χ1v) is 15.4. The molecule has 0 spiro atoms.